The van der Waals surface area contributed by atoms with E-state index in [2.05, 4.69) is 43.8 Å². The van der Waals surface area contributed by atoms with Crippen molar-refractivity contribution < 1.29 is 4.57 Å². The first kappa shape index (κ1) is 46.2. The standard InChI is InChI=1S/C48H92N/c1-4-7-10-13-16-19-22-25-28-31-34-37-40-44-49-45-43-47(41-38-35-32-29-26-23-20-17-14-11-8-5-2)48(46-49)42-39-36-33-30-27-24-21-18-15-12-9-6-3/h43,45-46H,4-42,44H2,1-3H3/q+1. The van der Waals surface area contributed by atoms with Gasteiger partial charge in [-0.15, -0.1) is 0 Å². The number of pyridine rings is 1. The van der Waals surface area contributed by atoms with Gasteiger partial charge in [0, 0.05) is 18.1 Å². The Balaban J connectivity index is 2.31. The zero-order valence-corrected chi connectivity index (χ0v) is 34.5. The van der Waals surface area contributed by atoms with Crippen LogP contribution in [0.15, 0.2) is 18.5 Å². The summed E-state index contributed by atoms with van der Waals surface area (Å²) in [4.78, 5) is 0. The van der Waals surface area contributed by atoms with Crippen molar-refractivity contribution in [2.24, 2.45) is 0 Å². The highest BCUT2D eigenvalue weighted by Gasteiger charge is 2.10. The minimum Gasteiger partial charge on any atom is -0.205 e. The minimum atomic E-state index is 1.21. The Kier molecular flexibility index (Phi) is 36.2. The molecule has 0 aliphatic heterocycles. The third-order valence-corrected chi connectivity index (χ3v) is 11.3. The van der Waals surface area contributed by atoms with Crippen LogP contribution >= 0.6 is 0 Å². The van der Waals surface area contributed by atoms with Crippen molar-refractivity contribution >= 4 is 0 Å². The maximum atomic E-state index is 2.56. The van der Waals surface area contributed by atoms with E-state index in [0.29, 0.717) is 0 Å². The lowest BCUT2D eigenvalue weighted by atomic mass is 9.97. The van der Waals surface area contributed by atoms with Gasteiger partial charge in [0.15, 0.2) is 12.4 Å². The molecule has 0 aromatic carbocycles. The SMILES string of the molecule is CCCCCCCCCCCCCCC[n+]1ccc(CCCCCCCCCCCCCC)c(CCCCCCCCCCCCCC)c1. The van der Waals surface area contributed by atoms with E-state index in [4.69, 9.17) is 0 Å². The lowest BCUT2D eigenvalue weighted by Crippen LogP contribution is -2.34. The van der Waals surface area contributed by atoms with Gasteiger partial charge in [0.25, 0.3) is 0 Å². The summed E-state index contributed by atoms with van der Waals surface area (Å²) < 4.78 is 2.54. The van der Waals surface area contributed by atoms with E-state index in [1.165, 1.54) is 257 Å². The van der Waals surface area contributed by atoms with E-state index in [-0.39, 0.29) is 0 Å². The van der Waals surface area contributed by atoms with Gasteiger partial charge >= 0.3 is 0 Å². The molecule has 49 heavy (non-hydrogen) atoms. The maximum absolute atomic E-state index is 2.56. The summed E-state index contributed by atoms with van der Waals surface area (Å²) in [6, 6.07) is 2.51. The van der Waals surface area contributed by atoms with Crippen LogP contribution in [0.5, 0.6) is 0 Å². The average Bonchev–Trinajstić information content (AvgIpc) is 3.11. The molecule has 0 spiro atoms. The number of hydrogen-bond donors (Lipinski definition) is 0. The first-order chi connectivity index (χ1) is 24.3. The van der Waals surface area contributed by atoms with Crippen molar-refractivity contribution in [2.75, 3.05) is 0 Å². The summed E-state index contributed by atoms with van der Waals surface area (Å²) >= 11 is 0. The van der Waals surface area contributed by atoms with E-state index in [0.717, 1.165) is 0 Å². The molecule has 288 valence electrons. The van der Waals surface area contributed by atoms with Crippen molar-refractivity contribution in [2.45, 2.75) is 278 Å². The minimum absolute atomic E-state index is 1.21. The van der Waals surface area contributed by atoms with Gasteiger partial charge < -0.3 is 0 Å². The molecule has 0 bridgehead atoms. The largest absolute Gasteiger partial charge is 0.205 e. The van der Waals surface area contributed by atoms with Gasteiger partial charge in [-0.05, 0) is 37.7 Å². The van der Waals surface area contributed by atoms with Gasteiger partial charge in [0.2, 0.25) is 0 Å². The molecule has 0 radical (unpaired) electrons. The van der Waals surface area contributed by atoms with Gasteiger partial charge in [-0.1, -0.05) is 233 Å². The van der Waals surface area contributed by atoms with Crippen LogP contribution in [0.25, 0.3) is 0 Å². The molecular weight excluding hydrogens is 591 g/mol. The predicted octanol–water partition coefficient (Wildman–Crippen LogP) is 16.6. The molecule has 0 atom stereocenters. The summed E-state index contributed by atoms with van der Waals surface area (Å²) in [5.41, 5.74) is 3.34. The molecule has 1 rings (SSSR count). The first-order valence-corrected chi connectivity index (χ1v) is 23.3. The lowest BCUT2D eigenvalue weighted by Gasteiger charge is -2.10. The second kappa shape index (κ2) is 38.4. The third kappa shape index (κ3) is 31.6. The molecule has 1 aromatic rings. The molecular formula is C48H92N+. The Labute approximate surface area is 311 Å². The topological polar surface area (TPSA) is 3.88 Å². The Morgan fingerprint density at radius 2 is 0.571 bits per heavy atom. The fourth-order valence-corrected chi connectivity index (χ4v) is 7.85. The van der Waals surface area contributed by atoms with Crippen molar-refractivity contribution in [3.8, 4) is 0 Å². The molecule has 0 fully saturated rings. The van der Waals surface area contributed by atoms with Gasteiger partial charge in [-0.3, -0.25) is 0 Å². The highest BCUT2D eigenvalue weighted by atomic mass is 14.9. The summed E-state index contributed by atoms with van der Waals surface area (Å²) in [7, 11) is 0. The molecule has 1 heteroatoms. The summed E-state index contributed by atoms with van der Waals surface area (Å²) in [6.45, 7) is 8.16. The molecule has 0 unspecified atom stereocenters. The van der Waals surface area contributed by atoms with E-state index >= 15 is 0 Å². The molecule has 0 aliphatic carbocycles. The van der Waals surface area contributed by atoms with E-state index in [9.17, 15) is 0 Å². The molecule has 1 heterocycles. The van der Waals surface area contributed by atoms with Crippen LogP contribution in [0.2, 0.25) is 0 Å². The van der Waals surface area contributed by atoms with Crippen molar-refractivity contribution in [3.63, 3.8) is 0 Å². The van der Waals surface area contributed by atoms with Crippen LogP contribution in [0.1, 0.15) is 269 Å². The Morgan fingerprint density at radius 3 is 0.898 bits per heavy atom. The summed E-state index contributed by atoms with van der Waals surface area (Å²) in [5, 5.41) is 0. The molecule has 0 saturated heterocycles. The highest BCUT2D eigenvalue weighted by Crippen LogP contribution is 2.19. The van der Waals surface area contributed by atoms with Crippen LogP contribution in [0.3, 0.4) is 0 Å². The van der Waals surface area contributed by atoms with Crippen LogP contribution in [-0.4, -0.2) is 0 Å². The fourth-order valence-electron chi connectivity index (χ4n) is 7.85. The molecule has 0 aliphatic rings. The third-order valence-electron chi connectivity index (χ3n) is 11.3. The van der Waals surface area contributed by atoms with Crippen molar-refractivity contribution in [1.82, 2.24) is 0 Å². The number of unbranched alkanes of at least 4 members (excludes halogenated alkanes) is 34. The predicted molar refractivity (Wildman–Crippen MR) is 222 cm³/mol. The average molecular weight is 683 g/mol. The van der Waals surface area contributed by atoms with Gasteiger partial charge in [0.05, 0.1) is 0 Å². The highest BCUT2D eigenvalue weighted by molar-refractivity contribution is 5.21. The lowest BCUT2D eigenvalue weighted by molar-refractivity contribution is -0.697. The Hall–Kier alpha value is -0.850. The fraction of sp³-hybridized carbons (Fsp3) is 0.896. The Morgan fingerprint density at radius 1 is 0.306 bits per heavy atom. The Bertz CT molecular complexity index is 768. The monoisotopic (exact) mass is 683 g/mol. The van der Waals surface area contributed by atoms with Crippen LogP contribution in [0, 0.1) is 0 Å². The number of nitrogens with zero attached hydrogens (tertiary/aromatic N) is 1. The number of rotatable bonds is 40. The number of hydrogen-bond acceptors (Lipinski definition) is 0. The molecule has 0 amide bonds. The van der Waals surface area contributed by atoms with Crippen LogP contribution < -0.4 is 4.57 Å². The zero-order chi connectivity index (χ0) is 35.1. The molecule has 0 saturated carbocycles. The van der Waals surface area contributed by atoms with E-state index in [1.807, 2.05) is 0 Å². The van der Waals surface area contributed by atoms with E-state index in [1.54, 1.807) is 11.1 Å². The summed E-state index contributed by atoms with van der Waals surface area (Å²) in [6.07, 6.45) is 60.8. The molecule has 1 nitrogen and oxygen atoms in total. The van der Waals surface area contributed by atoms with Gasteiger partial charge in [-0.2, -0.15) is 0 Å². The molecule has 0 N–H and O–H groups in total. The first-order valence-electron chi connectivity index (χ1n) is 23.3. The smallest absolute Gasteiger partial charge is 0.172 e. The number of aryl methyl sites for hydroxylation is 3. The normalized spacial score (nSPS) is 11.6. The van der Waals surface area contributed by atoms with Crippen LogP contribution in [0.4, 0.5) is 0 Å². The van der Waals surface area contributed by atoms with Crippen molar-refractivity contribution in [3.05, 3.63) is 29.6 Å². The zero-order valence-electron chi connectivity index (χ0n) is 34.5. The second-order valence-corrected chi connectivity index (χ2v) is 16.3. The van der Waals surface area contributed by atoms with Crippen molar-refractivity contribution in [1.29, 1.82) is 0 Å². The van der Waals surface area contributed by atoms with E-state index < -0.39 is 0 Å². The number of aromatic nitrogens is 1. The maximum Gasteiger partial charge on any atom is 0.172 e. The summed E-state index contributed by atoms with van der Waals surface area (Å²) in [5.74, 6) is 0. The van der Waals surface area contributed by atoms with Gasteiger partial charge in [-0.25, -0.2) is 4.57 Å². The second-order valence-electron chi connectivity index (χ2n) is 16.3. The van der Waals surface area contributed by atoms with Crippen LogP contribution in [-0.2, 0) is 19.4 Å². The quantitative estimate of drug-likeness (QED) is 0.0479. The molecule has 1 aromatic heterocycles. The van der Waals surface area contributed by atoms with Gasteiger partial charge in [0.1, 0.15) is 6.54 Å².